The van der Waals surface area contributed by atoms with Gasteiger partial charge in [-0.3, -0.25) is 4.98 Å². The minimum Gasteiger partial charge on any atom is -0.508 e. The Balaban J connectivity index is 2.10. The second-order valence-electron chi connectivity index (χ2n) is 4.41. The lowest BCUT2D eigenvalue weighted by Gasteiger charge is -2.19. The third-order valence-electron chi connectivity index (χ3n) is 3.05. The number of rotatable bonds is 5. The van der Waals surface area contributed by atoms with E-state index >= 15 is 0 Å². The van der Waals surface area contributed by atoms with Gasteiger partial charge in [-0.15, -0.1) is 0 Å². The number of phenols is 1. The molecule has 1 unspecified atom stereocenters. The van der Waals surface area contributed by atoms with E-state index in [1.165, 1.54) is 0 Å². The lowest BCUT2D eigenvalue weighted by Crippen LogP contribution is -2.20. The Morgan fingerprint density at radius 3 is 2.89 bits per heavy atom. The summed E-state index contributed by atoms with van der Waals surface area (Å²) in [5.41, 5.74) is 2.05. The minimum atomic E-state index is 0.123. The molecule has 0 bridgehead atoms. The van der Waals surface area contributed by atoms with Crippen molar-refractivity contribution < 1.29 is 5.11 Å². The molecule has 1 aromatic heterocycles. The van der Waals surface area contributed by atoms with Crippen molar-refractivity contribution >= 4 is 15.9 Å². The summed E-state index contributed by atoms with van der Waals surface area (Å²) in [5.74, 6) is 0.328. The average Bonchev–Trinajstić information content (AvgIpc) is 2.44. The molecule has 0 aliphatic carbocycles. The Morgan fingerprint density at radius 2 is 2.21 bits per heavy atom. The fourth-order valence-electron chi connectivity index (χ4n) is 2.02. The Morgan fingerprint density at radius 1 is 1.37 bits per heavy atom. The number of benzene rings is 1. The number of hydrogen-bond donors (Lipinski definition) is 2. The molecule has 4 heteroatoms. The van der Waals surface area contributed by atoms with Crippen LogP contribution in [-0.2, 0) is 6.54 Å². The van der Waals surface area contributed by atoms with E-state index in [2.05, 4.69) is 33.2 Å². The van der Waals surface area contributed by atoms with Crippen LogP contribution in [0, 0.1) is 0 Å². The highest BCUT2D eigenvalue weighted by atomic mass is 79.9. The first kappa shape index (κ1) is 14.0. The van der Waals surface area contributed by atoms with Gasteiger partial charge in [0.2, 0.25) is 0 Å². The summed E-state index contributed by atoms with van der Waals surface area (Å²) in [6.07, 6.45) is 4.52. The molecule has 0 spiro atoms. The molecule has 0 amide bonds. The van der Waals surface area contributed by atoms with Crippen LogP contribution in [0.15, 0.2) is 47.2 Å². The Hall–Kier alpha value is -1.39. The quantitative estimate of drug-likeness (QED) is 0.881. The maximum atomic E-state index is 9.96. The van der Waals surface area contributed by atoms with Crippen molar-refractivity contribution in [2.45, 2.75) is 25.9 Å². The minimum absolute atomic E-state index is 0.123. The van der Waals surface area contributed by atoms with Crippen LogP contribution in [0.3, 0.4) is 0 Å². The van der Waals surface area contributed by atoms with Gasteiger partial charge < -0.3 is 10.4 Å². The molecule has 2 aromatic rings. The normalized spacial score (nSPS) is 12.3. The molecule has 19 heavy (non-hydrogen) atoms. The first-order chi connectivity index (χ1) is 9.20. The fraction of sp³-hybridized carbons (Fsp3) is 0.267. The molecule has 3 nitrogen and oxygen atoms in total. The molecule has 0 radical (unpaired) electrons. The second kappa shape index (κ2) is 6.68. The number of nitrogens with zero attached hydrogens (tertiary/aromatic N) is 1. The van der Waals surface area contributed by atoms with E-state index in [0.29, 0.717) is 5.75 Å². The molecular formula is C15H17BrN2O. The van der Waals surface area contributed by atoms with Gasteiger partial charge in [0.05, 0.1) is 0 Å². The summed E-state index contributed by atoms with van der Waals surface area (Å²) >= 11 is 3.44. The summed E-state index contributed by atoms with van der Waals surface area (Å²) in [7, 11) is 0. The summed E-state index contributed by atoms with van der Waals surface area (Å²) in [5, 5.41) is 13.4. The number of halogens is 1. The van der Waals surface area contributed by atoms with Crippen LogP contribution in [0.2, 0.25) is 0 Å². The van der Waals surface area contributed by atoms with Gasteiger partial charge in [0, 0.05) is 35.0 Å². The number of aromatic hydroxyl groups is 1. The van der Waals surface area contributed by atoms with Crippen LogP contribution < -0.4 is 5.32 Å². The van der Waals surface area contributed by atoms with Crippen molar-refractivity contribution in [1.29, 1.82) is 0 Å². The van der Waals surface area contributed by atoms with E-state index in [4.69, 9.17) is 0 Å². The van der Waals surface area contributed by atoms with Crippen molar-refractivity contribution in [3.8, 4) is 5.75 Å². The van der Waals surface area contributed by atoms with Crippen LogP contribution >= 0.6 is 15.9 Å². The topological polar surface area (TPSA) is 45.2 Å². The predicted octanol–water partition coefficient (Wildman–Crippen LogP) is 3.79. The zero-order chi connectivity index (χ0) is 13.7. The summed E-state index contributed by atoms with van der Waals surface area (Å²) < 4.78 is 0.974. The van der Waals surface area contributed by atoms with Gasteiger partial charge in [0.15, 0.2) is 0 Å². The van der Waals surface area contributed by atoms with E-state index in [1.807, 2.05) is 30.5 Å². The van der Waals surface area contributed by atoms with E-state index in [9.17, 15) is 5.11 Å². The smallest absolute Gasteiger partial charge is 0.120 e. The zero-order valence-electron chi connectivity index (χ0n) is 10.8. The van der Waals surface area contributed by atoms with E-state index in [-0.39, 0.29) is 6.04 Å². The maximum absolute atomic E-state index is 9.96. The number of phenolic OH excluding ortho intramolecular Hbond substituents is 1. The van der Waals surface area contributed by atoms with Crippen molar-refractivity contribution in [1.82, 2.24) is 10.3 Å². The molecule has 0 fully saturated rings. The molecule has 0 aliphatic rings. The van der Waals surface area contributed by atoms with Crippen LogP contribution in [0.1, 0.15) is 30.5 Å². The van der Waals surface area contributed by atoms with Crippen LogP contribution in [0.25, 0.3) is 0 Å². The second-order valence-corrected chi connectivity index (χ2v) is 5.32. The van der Waals surface area contributed by atoms with E-state index < -0.39 is 0 Å². The predicted molar refractivity (Wildman–Crippen MR) is 79.9 cm³/mol. The summed E-state index contributed by atoms with van der Waals surface area (Å²) in [4.78, 5) is 4.10. The number of pyridine rings is 1. The lowest BCUT2D eigenvalue weighted by atomic mass is 10.0. The SMILES string of the molecule is CCC(NCc1cccnc1)c1cc(Br)ccc1O. The Labute approximate surface area is 121 Å². The van der Waals surface area contributed by atoms with Crippen molar-refractivity contribution in [2.75, 3.05) is 0 Å². The molecule has 0 saturated heterocycles. The van der Waals surface area contributed by atoms with Gasteiger partial charge in [0.25, 0.3) is 0 Å². The lowest BCUT2D eigenvalue weighted by molar-refractivity contribution is 0.440. The highest BCUT2D eigenvalue weighted by Gasteiger charge is 2.13. The van der Waals surface area contributed by atoms with E-state index in [1.54, 1.807) is 12.3 Å². The zero-order valence-corrected chi connectivity index (χ0v) is 12.4. The van der Waals surface area contributed by atoms with Crippen LogP contribution in [-0.4, -0.2) is 10.1 Å². The summed E-state index contributed by atoms with van der Waals surface area (Å²) in [6, 6.07) is 9.60. The first-order valence-corrected chi connectivity index (χ1v) is 7.10. The van der Waals surface area contributed by atoms with Crippen molar-refractivity contribution in [3.63, 3.8) is 0 Å². The Bertz CT molecular complexity index is 531. The maximum Gasteiger partial charge on any atom is 0.120 e. The third kappa shape index (κ3) is 3.78. The van der Waals surface area contributed by atoms with Gasteiger partial charge in [-0.1, -0.05) is 28.9 Å². The first-order valence-electron chi connectivity index (χ1n) is 6.31. The molecular weight excluding hydrogens is 304 g/mol. The van der Waals surface area contributed by atoms with Gasteiger partial charge >= 0.3 is 0 Å². The number of nitrogens with one attached hydrogen (secondary N) is 1. The summed E-state index contributed by atoms with van der Waals surface area (Å²) in [6.45, 7) is 2.83. The highest BCUT2D eigenvalue weighted by Crippen LogP contribution is 2.29. The van der Waals surface area contributed by atoms with Crippen molar-refractivity contribution in [2.24, 2.45) is 0 Å². The monoisotopic (exact) mass is 320 g/mol. The molecule has 2 N–H and O–H groups in total. The van der Waals surface area contributed by atoms with Gasteiger partial charge in [-0.25, -0.2) is 0 Å². The molecule has 1 atom stereocenters. The largest absolute Gasteiger partial charge is 0.508 e. The standard InChI is InChI=1S/C15H17BrN2O/c1-2-14(13-8-12(16)5-6-15(13)19)18-10-11-4-3-7-17-9-11/h3-9,14,18-19H,2,10H2,1H3. The molecule has 2 rings (SSSR count). The van der Waals surface area contributed by atoms with Crippen LogP contribution in [0.4, 0.5) is 0 Å². The molecule has 100 valence electrons. The number of hydrogen-bond acceptors (Lipinski definition) is 3. The van der Waals surface area contributed by atoms with Gasteiger partial charge in [0.1, 0.15) is 5.75 Å². The number of aromatic nitrogens is 1. The third-order valence-corrected chi connectivity index (χ3v) is 3.54. The average molecular weight is 321 g/mol. The van der Waals surface area contributed by atoms with Crippen molar-refractivity contribution in [3.05, 3.63) is 58.3 Å². The van der Waals surface area contributed by atoms with Gasteiger partial charge in [-0.2, -0.15) is 0 Å². The molecule has 0 saturated carbocycles. The van der Waals surface area contributed by atoms with E-state index in [0.717, 1.165) is 28.6 Å². The Kier molecular flexibility index (Phi) is 4.93. The van der Waals surface area contributed by atoms with Crippen LogP contribution in [0.5, 0.6) is 5.75 Å². The van der Waals surface area contributed by atoms with Gasteiger partial charge in [-0.05, 0) is 36.2 Å². The molecule has 0 aliphatic heterocycles. The highest BCUT2D eigenvalue weighted by molar-refractivity contribution is 9.10. The fourth-order valence-corrected chi connectivity index (χ4v) is 2.40. The molecule has 1 heterocycles. The molecule has 1 aromatic carbocycles.